The molecule has 0 spiro atoms. The minimum absolute atomic E-state index is 0.0387. The van der Waals surface area contributed by atoms with Gasteiger partial charge in [-0.2, -0.15) is 0 Å². The van der Waals surface area contributed by atoms with Crippen molar-refractivity contribution in [2.24, 2.45) is 53.3 Å². The number of nitrogens with zero attached hydrogens (tertiary/aromatic N) is 6. The SMILES string of the molecule is CC=CC[C@@H](C)C(C)[C@@H](C(=O)N[C@@H](CC)C(=O)N(C)C(CC(C)C)C(=O)N(C)[C@@H](CC(C)C)C(=O)N[C@H](C(=O)N(C)[C@@H](CCC)C(=O)N[C@@H](C)C(=O)N[C@H](C)C(C)=O)C(C)C)N(C)C(=O)[C@H](C(C)C)N(C)C(=O)[C@H](CC(C)C)N(C)C(=O)[C@H](C)CC(C)C. The van der Waals surface area contributed by atoms with Crippen molar-refractivity contribution in [3.8, 4) is 0 Å². The van der Waals surface area contributed by atoms with Crippen molar-refractivity contribution >= 4 is 64.9 Å². The lowest BCUT2D eigenvalue weighted by molar-refractivity contribution is -0.155. The van der Waals surface area contributed by atoms with Gasteiger partial charge in [-0.05, 0) is 120 Å². The van der Waals surface area contributed by atoms with Gasteiger partial charge in [-0.15, -0.1) is 0 Å². The van der Waals surface area contributed by atoms with Gasteiger partial charge in [0.2, 0.25) is 59.1 Å². The average molecular weight is 1240 g/mol. The standard InChI is InChI=1S/C67H122N10O11/c1-28-31-33-44(16)46(18)57(77(27)67(88)56(43(14)15)76(26)65(86)54(37-41(10)11)74(24)62(83)45(17)34-38(4)5)61(82)70-50(30-3)63(84)75(25)53(36-40(8)9)64(85)73(23)52(35-39(6)7)60(81)71-55(42(12)13)66(87)72(22)51(32-29-2)59(80)69-48(20)58(79)68-47(19)49(21)78/h28,31,38-48,50-57H,29-30,32-37H2,1-27H3,(H,68,79)(H,69,80)(H,70,82)(H,71,81)/t44-,45-,46?,47-,48+,50+,51+,52+,53?,54+,55+,56+,57+/m1/s1. The van der Waals surface area contributed by atoms with Crippen LogP contribution < -0.4 is 21.3 Å². The van der Waals surface area contributed by atoms with E-state index in [2.05, 4.69) is 21.3 Å². The number of hydrogen-bond donors (Lipinski definition) is 4. The third kappa shape index (κ3) is 24.5. The number of Topliss-reactive ketones (excluding diaryl/α,β-unsaturated/α-hetero) is 1. The molecule has 0 aliphatic rings. The number of nitrogens with one attached hydrogen (secondary N) is 4. The minimum Gasteiger partial charge on any atom is -0.345 e. The maximum Gasteiger partial charge on any atom is 0.246 e. The van der Waals surface area contributed by atoms with Crippen LogP contribution in [0.2, 0.25) is 0 Å². The van der Waals surface area contributed by atoms with Crippen molar-refractivity contribution in [3.63, 3.8) is 0 Å². The molecule has 0 saturated carbocycles. The highest BCUT2D eigenvalue weighted by atomic mass is 16.2. The first-order chi connectivity index (χ1) is 40.6. The number of rotatable bonds is 38. The topological polar surface area (TPSA) is 255 Å². The molecule has 10 amide bonds. The molecule has 21 nitrogen and oxygen atoms in total. The van der Waals surface area contributed by atoms with E-state index in [1.807, 2.05) is 116 Å². The molecule has 0 aromatic heterocycles. The monoisotopic (exact) mass is 1240 g/mol. The Kier molecular flexibility index (Phi) is 36.0. The highest BCUT2D eigenvalue weighted by Crippen LogP contribution is 2.28. The van der Waals surface area contributed by atoms with Gasteiger partial charge < -0.3 is 50.7 Å². The lowest BCUT2D eigenvalue weighted by atomic mass is 9.84. The second kappa shape index (κ2) is 38.6. The highest BCUT2D eigenvalue weighted by Gasteiger charge is 2.45. The fourth-order valence-electron chi connectivity index (χ4n) is 11.3. The number of carbonyl (C=O) groups is 11. The molecule has 0 aromatic rings. The van der Waals surface area contributed by atoms with Gasteiger partial charge in [0.1, 0.15) is 54.4 Å². The number of ketones is 1. The zero-order valence-electron chi connectivity index (χ0n) is 59.5. The van der Waals surface area contributed by atoms with Crippen LogP contribution in [-0.2, 0) is 52.7 Å². The third-order valence-corrected chi connectivity index (χ3v) is 17.1. The van der Waals surface area contributed by atoms with E-state index in [1.165, 1.54) is 71.3 Å². The first kappa shape index (κ1) is 82.1. The van der Waals surface area contributed by atoms with E-state index in [0.717, 1.165) is 0 Å². The van der Waals surface area contributed by atoms with Crippen LogP contribution in [0.5, 0.6) is 0 Å². The van der Waals surface area contributed by atoms with Gasteiger partial charge in [0.15, 0.2) is 5.78 Å². The molecular formula is C67H122N10O11. The number of amides is 10. The first-order valence-electron chi connectivity index (χ1n) is 32.5. The zero-order chi connectivity index (χ0) is 68.7. The fourth-order valence-corrected chi connectivity index (χ4v) is 11.3. The molecule has 0 aliphatic heterocycles. The van der Waals surface area contributed by atoms with E-state index in [4.69, 9.17) is 0 Å². The highest BCUT2D eigenvalue weighted by molar-refractivity contribution is 5.99. The summed E-state index contributed by atoms with van der Waals surface area (Å²) < 4.78 is 0. The number of carbonyl (C=O) groups excluding carboxylic acids is 11. The van der Waals surface area contributed by atoms with Gasteiger partial charge in [-0.3, -0.25) is 52.7 Å². The van der Waals surface area contributed by atoms with E-state index in [0.29, 0.717) is 25.7 Å². The molecule has 0 heterocycles. The van der Waals surface area contributed by atoms with Crippen molar-refractivity contribution in [2.45, 2.75) is 257 Å². The second-order valence-corrected chi connectivity index (χ2v) is 27.5. The maximum absolute atomic E-state index is 15.2. The van der Waals surface area contributed by atoms with Crippen LogP contribution in [0.3, 0.4) is 0 Å². The molecule has 2 unspecified atom stereocenters. The van der Waals surface area contributed by atoms with Crippen molar-refractivity contribution in [1.29, 1.82) is 0 Å². The van der Waals surface area contributed by atoms with Crippen LogP contribution in [0.15, 0.2) is 12.2 Å². The molecule has 0 fully saturated rings. The van der Waals surface area contributed by atoms with Crippen LogP contribution in [0.1, 0.15) is 197 Å². The van der Waals surface area contributed by atoms with E-state index in [-0.39, 0.29) is 78.8 Å². The Bertz CT molecular complexity index is 2340. The van der Waals surface area contributed by atoms with E-state index >= 15 is 14.4 Å². The predicted octanol–water partition coefficient (Wildman–Crippen LogP) is 7.10. The lowest BCUT2D eigenvalue weighted by Gasteiger charge is -2.41. The largest absolute Gasteiger partial charge is 0.345 e. The number of allylic oxidation sites excluding steroid dienone is 2. The summed E-state index contributed by atoms with van der Waals surface area (Å²) in [5.74, 6) is -7.15. The van der Waals surface area contributed by atoms with Gasteiger partial charge in [-0.1, -0.05) is 136 Å². The molecule has 0 aromatic carbocycles. The molecule has 0 bridgehead atoms. The lowest BCUT2D eigenvalue weighted by Crippen LogP contribution is -2.62. The number of likely N-dealkylation sites (N-methyl/N-ethyl adjacent to an activating group) is 6. The van der Waals surface area contributed by atoms with Crippen molar-refractivity contribution < 1.29 is 52.7 Å². The Balaban J connectivity index is 7.33. The average Bonchev–Trinajstić information content (AvgIpc) is 3.16. The summed E-state index contributed by atoms with van der Waals surface area (Å²) in [6, 6.07) is -10.4. The summed E-state index contributed by atoms with van der Waals surface area (Å²) in [5.41, 5.74) is 0. The molecule has 506 valence electrons. The summed E-state index contributed by atoms with van der Waals surface area (Å²) >= 11 is 0. The zero-order valence-corrected chi connectivity index (χ0v) is 59.5. The summed E-state index contributed by atoms with van der Waals surface area (Å²) in [6.45, 7) is 38.4. The van der Waals surface area contributed by atoms with Crippen molar-refractivity contribution in [2.75, 3.05) is 42.3 Å². The smallest absolute Gasteiger partial charge is 0.246 e. The molecule has 13 atom stereocenters. The van der Waals surface area contributed by atoms with E-state index < -0.39 is 125 Å². The molecule has 0 rings (SSSR count). The Labute approximate surface area is 531 Å². The molecule has 4 N–H and O–H groups in total. The summed E-state index contributed by atoms with van der Waals surface area (Å²) in [4.78, 5) is 165. The van der Waals surface area contributed by atoms with Crippen LogP contribution in [-0.4, -0.2) is 197 Å². The Hall–Kier alpha value is -5.89. The van der Waals surface area contributed by atoms with E-state index in [1.54, 1.807) is 41.9 Å². The van der Waals surface area contributed by atoms with Crippen molar-refractivity contribution in [3.05, 3.63) is 12.2 Å². The quantitative estimate of drug-likeness (QED) is 0.0454. The normalized spacial score (nSPS) is 16.3. The van der Waals surface area contributed by atoms with Crippen LogP contribution in [0, 0.1) is 53.3 Å². The number of hydrogen-bond acceptors (Lipinski definition) is 11. The van der Waals surface area contributed by atoms with Gasteiger partial charge in [0.25, 0.3) is 0 Å². The Morgan fingerprint density at radius 1 is 0.409 bits per heavy atom. The Morgan fingerprint density at radius 3 is 1.26 bits per heavy atom. The summed E-state index contributed by atoms with van der Waals surface area (Å²) in [5, 5.41) is 11.1. The van der Waals surface area contributed by atoms with Crippen LogP contribution >= 0.6 is 0 Å². The summed E-state index contributed by atoms with van der Waals surface area (Å²) in [7, 11) is 9.22. The van der Waals surface area contributed by atoms with Crippen molar-refractivity contribution in [1.82, 2.24) is 50.7 Å². The Morgan fingerprint density at radius 2 is 0.830 bits per heavy atom. The van der Waals surface area contributed by atoms with Gasteiger partial charge in [-0.25, -0.2) is 0 Å². The molecule has 0 saturated heterocycles. The third-order valence-electron chi connectivity index (χ3n) is 17.1. The first-order valence-corrected chi connectivity index (χ1v) is 32.5. The van der Waals surface area contributed by atoms with Crippen LogP contribution in [0.4, 0.5) is 0 Å². The van der Waals surface area contributed by atoms with Gasteiger partial charge in [0.05, 0.1) is 6.04 Å². The van der Waals surface area contributed by atoms with Crippen LogP contribution in [0.25, 0.3) is 0 Å². The molecule has 0 aliphatic carbocycles. The minimum atomic E-state index is -1.17. The maximum atomic E-state index is 15.2. The van der Waals surface area contributed by atoms with Gasteiger partial charge in [0, 0.05) is 48.2 Å². The fraction of sp³-hybridized carbons (Fsp3) is 0.806. The molecular weight excluding hydrogens is 1120 g/mol. The predicted molar refractivity (Wildman–Crippen MR) is 349 cm³/mol. The van der Waals surface area contributed by atoms with E-state index in [9.17, 15) is 38.4 Å². The molecule has 0 radical (unpaired) electrons. The van der Waals surface area contributed by atoms with Gasteiger partial charge >= 0.3 is 0 Å². The molecule has 21 heteroatoms. The summed E-state index contributed by atoms with van der Waals surface area (Å²) in [6.07, 6.45) is 6.71. The molecule has 88 heavy (non-hydrogen) atoms. The second-order valence-electron chi connectivity index (χ2n) is 27.5.